The Balaban J connectivity index is 1.68. The smallest absolute Gasteiger partial charge is 0.118 e. The van der Waals surface area contributed by atoms with E-state index in [1.54, 1.807) is 7.11 Å². The van der Waals surface area contributed by atoms with Crippen molar-refractivity contribution in [1.82, 2.24) is 5.32 Å². The van der Waals surface area contributed by atoms with Crippen LogP contribution < -0.4 is 10.1 Å². The number of hydrogen-bond donors (Lipinski definition) is 1. The average molecular weight is 261 g/mol. The van der Waals surface area contributed by atoms with Crippen molar-refractivity contribution >= 4 is 0 Å². The van der Waals surface area contributed by atoms with Gasteiger partial charge in [0, 0.05) is 12.6 Å². The minimum Gasteiger partial charge on any atom is -0.497 e. The van der Waals surface area contributed by atoms with Gasteiger partial charge < -0.3 is 14.8 Å². The molecule has 3 unspecified atom stereocenters. The van der Waals surface area contributed by atoms with Gasteiger partial charge >= 0.3 is 0 Å². The zero-order chi connectivity index (χ0) is 13.1. The van der Waals surface area contributed by atoms with Crippen molar-refractivity contribution < 1.29 is 9.47 Å². The summed E-state index contributed by atoms with van der Waals surface area (Å²) in [7, 11) is 1.70. The van der Waals surface area contributed by atoms with Gasteiger partial charge in [-0.2, -0.15) is 0 Å². The Hall–Kier alpha value is -1.06. The molecular formula is C16H23NO2. The fraction of sp³-hybridized carbons (Fsp3) is 0.625. The van der Waals surface area contributed by atoms with Crippen LogP contribution in [0.2, 0.25) is 0 Å². The molecule has 0 spiro atoms. The van der Waals surface area contributed by atoms with Crippen molar-refractivity contribution in [2.45, 2.75) is 37.8 Å². The van der Waals surface area contributed by atoms with Crippen LogP contribution in [-0.2, 0) is 4.74 Å². The maximum atomic E-state index is 6.13. The predicted molar refractivity (Wildman–Crippen MR) is 75.4 cm³/mol. The molecule has 3 atom stereocenters. The minimum absolute atomic E-state index is 0.177. The number of nitrogens with one attached hydrogen (secondary N) is 1. The molecule has 0 amide bonds. The fourth-order valence-electron chi connectivity index (χ4n) is 3.27. The lowest BCUT2D eigenvalue weighted by Gasteiger charge is -2.29. The van der Waals surface area contributed by atoms with Gasteiger partial charge in [-0.25, -0.2) is 0 Å². The summed E-state index contributed by atoms with van der Waals surface area (Å²) in [5.41, 5.74) is 1.24. The van der Waals surface area contributed by atoms with E-state index in [0.29, 0.717) is 12.0 Å². The van der Waals surface area contributed by atoms with Gasteiger partial charge in [0.05, 0.1) is 19.8 Å². The lowest BCUT2D eigenvalue weighted by Crippen LogP contribution is -2.38. The van der Waals surface area contributed by atoms with E-state index in [-0.39, 0.29) is 6.10 Å². The minimum atomic E-state index is 0.177. The second-order valence-electron chi connectivity index (χ2n) is 5.65. The highest BCUT2D eigenvalue weighted by Crippen LogP contribution is 2.30. The molecule has 3 nitrogen and oxygen atoms in total. The summed E-state index contributed by atoms with van der Waals surface area (Å²) in [4.78, 5) is 0. The Bertz CT molecular complexity index is 388. The number of methoxy groups -OCH3 is 1. The largest absolute Gasteiger partial charge is 0.497 e. The summed E-state index contributed by atoms with van der Waals surface area (Å²) < 4.78 is 11.3. The first-order valence-electron chi connectivity index (χ1n) is 7.36. The van der Waals surface area contributed by atoms with Crippen molar-refractivity contribution in [2.75, 3.05) is 20.3 Å². The van der Waals surface area contributed by atoms with Crippen LogP contribution in [0.15, 0.2) is 24.3 Å². The lowest BCUT2D eigenvalue weighted by molar-refractivity contribution is 0.0401. The molecule has 1 N–H and O–H groups in total. The molecule has 1 saturated heterocycles. The van der Waals surface area contributed by atoms with Gasteiger partial charge in [-0.1, -0.05) is 25.0 Å². The van der Waals surface area contributed by atoms with Crippen molar-refractivity contribution in [1.29, 1.82) is 0 Å². The van der Waals surface area contributed by atoms with Crippen LogP contribution in [0.5, 0.6) is 5.75 Å². The highest BCUT2D eigenvalue weighted by molar-refractivity contribution is 5.28. The maximum absolute atomic E-state index is 6.13. The molecule has 0 radical (unpaired) electrons. The van der Waals surface area contributed by atoms with Crippen LogP contribution in [0.3, 0.4) is 0 Å². The number of ether oxygens (including phenoxy) is 2. The summed E-state index contributed by atoms with van der Waals surface area (Å²) in [6, 6.07) is 8.91. The monoisotopic (exact) mass is 261 g/mol. The summed E-state index contributed by atoms with van der Waals surface area (Å²) >= 11 is 0. The number of fused-ring (bicyclic) bond motifs is 1. The second kappa shape index (κ2) is 5.93. The molecule has 0 aromatic heterocycles. The summed E-state index contributed by atoms with van der Waals surface area (Å²) in [6.45, 7) is 1.82. The highest BCUT2D eigenvalue weighted by atomic mass is 16.5. The average Bonchev–Trinajstić information content (AvgIpc) is 2.70. The van der Waals surface area contributed by atoms with Gasteiger partial charge in [0.25, 0.3) is 0 Å². The third-order valence-corrected chi connectivity index (χ3v) is 4.47. The van der Waals surface area contributed by atoms with Gasteiger partial charge in [-0.3, -0.25) is 0 Å². The predicted octanol–water partition coefficient (Wildman–Crippen LogP) is 2.91. The molecule has 104 valence electrons. The highest BCUT2D eigenvalue weighted by Gasteiger charge is 2.29. The van der Waals surface area contributed by atoms with E-state index in [4.69, 9.17) is 9.47 Å². The van der Waals surface area contributed by atoms with E-state index in [0.717, 1.165) is 18.9 Å². The molecule has 1 aromatic carbocycles. The zero-order valence-corrected chi connectivity index (χ0v) is 11.6. The first-order chi connectivity index (χ1) is 9.36. The number of hydrogen-bond acceptors (Lipinski definition) is 3. The molecule has 3 heteroatoms. The van der Waals surface area contributed by atoms with E-state index in [9.17, 15) is 0 Å². The molecule has 1 aliphatic carbocycles. The first kappa shape index (κ1) is 12.9. The van der Waals surface area contributed by atoms with E-state index in [2.05, 4.69) is 17.4 Å². The van der Waals surface area contributed by atoms with Crippen LogP contribution in [-0.4, -0.2) is 26.3 Å². The van der Waals surface area contributed by atoms with Crippen LogP contribution in [0.4, 0.5) is 0 Å². The third-order valence-electron chi connectivity index (χ3n) is 4.47. The Kier molecular flexibility index (Phi) is 4.04. The molecule has 3 rings (SSSR count). The summed E-state index contributed by atoms with van der Waals surface area (Å²) in [5, 5.41) is 3.70. The van der Waals surface area contributed by atoms with Crippen molar-refractivity contribution in [3.05, 3.63) is 29.8 Å². The molecule has 2 fully saturated rings. The van der Waals surface area contributed by atoms with E-state index >= 15 is 0 Å². The lowest BCUT2D eigenvalue weighted by atomic mass is 9.85. The normalized spacial score (nSPS) is 31.3. The van der Waals surface area contributed by atoms with Gasteiger partial charge in [0.1, 0.15) is 5.75 Å². The van der Waals surface area contributed by atoms with Gasteiger partial charge in [0.15, 0.2) is 0 Å². The Labute approximate surface area is 115 Å². The summed E-state index contributed by atoms with van der Waals surface area (Å²) in [5.74, 6) is 1.61. The van der Waals surface area contributed by atoms with Gasteiger partial charge in [-0.15, -0.1) is 0 Å². The Morgan fingerprint density at radius 2 is 1.95 bits per heavy atom. The number of rotatable bonds is 2. The summed E-state index contributed by atoms with van der Waals surface area (Å²) in [6.07, 6.45) is 5.52. The molecular weight excluding hydrogens is 238 g/mol. The quantitative estimate of drug-likeness (QED) is 0.888. The van der Waals surface area contributed by atoms with E-state index in [1.165, 1.54) is 31.2 Å². The topological polar surface area (TPSA) is 30.5 Å². The van der Waals surface area contributed by atoms with Crippen LogP contribution in [0.25, 0.3) is 0 Å². The number of benzene rings is 1. The van der Waals surface area contributed by atoms with Crippen molar-refractivity contribution in [3.63, 3.8) is 0 Å². The van der Waals surface area contributed by atoms with Crippen LogP contribution in [0, 0.1) is 5.92 Å². The first-order valence-corrected chi connectivity index (χ1v) is 7.36. The van der Waals surface area contributed by atoms with Gasteiger partial charge in [0.2, 0.25) is 0 Å². The second-order valence-corrected chi connectivity index (χ2v) is 5.65. The third kappa shape index (κ3) is 2.93. The Morgan fingerprint density at radius 1 is 1.16 bits per heavy atom. The maximum Gasteiger partial charge on any atom is 0.118 e. The fourth-order valence-corrected chi connectivity index (χ4v) is 3.27. The molecule has 1 aromatic rings. The van der Waals surface area contributed by atoms with E-state index in [1.807, 2.05) is 12.1 Å². The molecule has 0 bridgehead atoms. The zero-order valence-electron chi connectivity index (χ0n) is 11.6. The van der Waals surface area contributed by atoms with Crippen LogP contribution >= 0.6 is 0 Å². The van der Waals surface area contributed by atoms with E-state index < -0.39 is 0 Å². The molecule has 1 saturated carbocycles. The van der Waals surface area contributed by atoms with Crippen LogP contribution in [0.1, 0.15) is 37.4 Å². The molecule has 1 aliphatic heterocycles. The SMILES string of the molecule is COc1ccc(C2CNC3CCCCC3CO2)cc1. The van der Waals surface area contributed by atoms with Crippen molar-refractivity contribution in [3.8, 4) is 5.75 Å². The standard InChI is InChI=1S/C16H23NO2/c1-18-14-8-6-12(7-9-14)16-10-17-15-5-3-2-4-13(15)11-19-16/h6-9,13,15-17H,2-5,10-11H2,1H3. The van der Waals surface area contributed by atoms with Crippen molar-refractivity contribution in [2.24, 2.45) is 5.92 Å². The molecule has 1 heterocycles. The molecule has 19 heavy (non-hydrogen) atoms. The van der Waals surface area contributed by atoms with Gasteiger partial charge in [-0.05, 0) is 36.5 Å². The molecule has 2 aliphatic rings. The Morgan fingerprint density at radius 3 is 2.74 bits per heavy atom.